The van der Waals surface area contributed by atoms with Crippen molar-refractivity contribution in [2.75, 3.05) is 12.4 Å². The molecular weight excluding hydrogens is 294 g/mol. The molecule has 1 aromatic rings. The second-order valence-electron chi connectivity index (χ2n) is 4.68. The molecule has 0 heterocycles. The number of nitrogens with one attached hydrogen (secondary N) is 1. The maximum Gasteiger partial charge on any atom is 0.306 e. The van der Waals surface area contributed by atoms with Crippen LogP contribution in [0.2, 0.25) is 0 Å². The zero-order chi connectivity index (χ0) is 16.0. The van der Waals surface area contributed by atoms with Crippen molar-refractivity contribution in [2.24, 2.45) is 0 Å². The minimum absolute atomic E-state index is 0.276. The minimum Gasteiger partial charge on any atom is -0.469 e. The van der Waals surface area contributed by atoms with E-state index in [-0.39, 0.29) is 6.42 Å². The van der Waals surface area contributed by atoms with Crippen LogP contribution < -0.4 is 5.32 Å². The number of methoxy groups -OCH3 is 1. The number of hydrogen-bond acceptors (Lipinski definition) is 5. The Morgan fingerprint density at radius 2 is 1.76 bits per heavy atom. The molecule has 0 aliphatic rings. The second-order valence-corrected chi connectivity index (χ2v) is 7.37. The molecule has 2 unspecified atom stereocenters. The van der Waals surface area contributed by atoms with Crippen molar-refractivity contribution in [1.29, 1.82) is 0 Å². The van der Waals surface area contributed by atoms with Crippen LogP contribution in [0.15, 0.2) is 30.3 Å². The molecule has 0 aliphatic heterocycles. The van der Waals surface area contributed by atoms with E-state index in [0.717, 1.165) is 0 Å². The number of sulfone groups is 1. The number of anilines is 1. The third-order valence-electron chi connectivity index (χ3n) is 3.15. The third kappa shape index (κ3) is 4.56. The predicted molar refractivity (Wildman–Crippen MR) is 79.5 cm³/mol. The highest BCUT2D eigenvalue weighted by Gasteiger charge is 2.34. The van der Waals surface area contributed by atoms with Crippen molar-refractivity contribution in [1.82, 2.24) is 0 Å². The van der Waals surface area contributed by atoms with E-state index in [1.807, 2.05) is 0 Å². The summed E-state index contributed by atoms with van der Waals surface area (Å²) in [6.45, 7) is 2.69. The summed E-state index contributed by atoms with van der Waals surface area (Å²) in [5, 5.41) is 0.299. The normalized spacial score (nSPS) is 14.0. The maximum atomic E-state index is 12.2. The number of esters is 1. The molecule has 21 heavy (non-hydrogen) atoms. The largest absolute Gasteiger partial charge is 0.469 e. The number of ether oxygens (including phenoxy) is 1. The highest BCUT2D eigenvalue weighted by Crippen LogP contribution is 2.15. The van der Waals surface area contributed by atoms with Gasteiger partial charge in [0.05, 0.1) is 18.8 Å². The Morgan fingerprint density at radius 1 is 1.19 bits per heavy atom. The van der Waals surface area contributed by atoms with E-state index < -0.39 is 32.2 Å². The van der Waals surface area contributed by atoms with Crippen molar-refractivity contribution in [3.8, 4) is 0 Å². The first-order chi connectivity index (χ1) is 9.78. The first-order valence-electron chi connectivity index (χ1n) is 6.44. The molecule has 0 bridgehead atoms. The van der Waals surface area contributed by atoms with Gasteiger partial charge in [-0.25, -0.2) is 8.42 Å². The molecule has 1 rings (SSSR count). The summed E-state index contributed by atoms with van der Waals surface area (Å²) in [7, 11) is -2.59. The maximum absolute atomic E-state index is 12.2. The van der Waals surface area contributed by atoms with Crippen molar-refractivity contribution in [3.63, 3.8) is 0 Å². The van der Waals surface area contributed by atoms with Crippen LogP contribution in [0.1, 0.15) is 20.3 Å². The molecule has 116 valence electrons. The van der Waals surface area contributed by atoms with E-state index >= 15 is 0 Å². The van der Waals surface area contributed by atoms with E-state index in [4.69, 9.17) is 0 Å². The fourth-order valence-electron chi connectivity index (χ4n) is 1.70. The Hall–Kier alpha value is -1.89. The van der Waals surface area contributed by atoms with Crippen LogP contribution in [-0.2, 0) is 24.2 Å². The van der Waals surface area contributed by atoms with E-state index in [0.29, 0.717) is 5.69 Å². The van der Waals surface area contributed by atoms with Gasteiger partial charge in [0.15, 0.2) is 9.84 Å². The van der Waals surface area contributed by atoms with Gasteiger partial charge in [-0.05, 0) is 26.0 Å². The lowest BCUT2D eigenvalue weighted by Gasteiger charge is -2.17. The first-order valence-corrected chi connectivity index (χ1v) is 8.05. The molecule has 0 aliphatic carbocycles. The Morgan fingerprint density at radius 3 is 2.29 bits per heavy atom. The van der Waals surface area contributed by atoms with Gasteiger partial charge < -0.3 is 10.1 Å². The van der Waals surface area contributed by atoms with Gasteiger partial charge in [-0.1, -0.05) is 18.2 Å². The fourth-order valence-corrected chi connectivity index (χ4v) is 3.12. The SMILES string of the molecule is COC(=O)CC(C)S(=O)(=O)C(C)C(=O)Nc1ccccc1. The Bertz CT molecular complexity index is 597. The van der Waals surface area contributed by atoms with Crippen LogP contribution in [-0.4, -0.2) is 37.9 Å². The molecule has 0 saturated heterocycles. The number of carbonyl (C=O) groups excluding carboxylic acids is 2. The zero-order valence-corrected chi connectivity index (χ0v) is 13.0. The number of hydrogen-bond donors (Lipinski definition) is 1. The van der Waals surface area contributed by atoms with E-state index in [1.54, 1.807) is 30.3 Å². The van der Waals surface area contributed by atoms with Crippen LogP contribution in [0.5, 0.6) is 0 Å². The van der Waals surface area contributed by atoms with Crippen molar-refractivity contribution in [3.05, 3.63) is 30.3 Å². The van der Waals surface area contributed by atoms with Crippen molar-refractivity contribution >= 4 is 27.4 Å². The van der Waals surface area contributed by atoms with Gasteiger partial charge in [0, 0.05) is 5.69 Å². The zero-order valence-electron chi connectivity index (χ0n) is 12.2. The van der Waals surface area contributed by atoms with Gasteiger partial charge in [0.25, 0.3) is 0 Å². The van der Waals surface area contributed by atoms with Gasteiger partial charge >= 0.3 is 5.97 Å². The third-order valence-corrected chi connectivity index (χ3v) is 5.63. The molecule has 0 aromatic heterocycles. The standard InChI is InChI=1S/C14H19NO5S/c1-10(9-13(16)20-3)21(18,19)11(2)14(17)15-12-7-5-4-6-8-12/h4-8,10-11H,9H2,1-3H3,(H,15,17). The lowest BCUT2D eigenvalue weighted by atomic mass is 10.3. The lowest BCUT2D eigenvalue weighted by Crippen LogP contribution is -2.38. The predicted octanol–water partition coefficient (Wildman–Crippen LogP) is 1.38. The molecule has 0 spiro atoms. The van der Waals surface area contributed by atoms with Crippen LogP contribution in [0.3, 0.4) is 0 Å². The number of amides is 1. The summed E-state index contributed by atoms with van der Waals surface area (Å²) in [5.41, 5.74) is 0.519. The average Bonchev–Trinajstić information content (AvgIpc) is 2.47. The van der Waals surface area contributed by atoms with Gasteiger partial charge in [0.1, 0.15) is 5.25 Å². The molecule has 2 atom stereocenters. The summed E-state index contributed by atoms with van der Waals surface area (Å²) in [6.07, 6.45) is -0.276. The smallest absolute Gasteiger partial charge is 0.306 e. The second kappa shape index (κ2) is 7.21. The van der Waals surface area contributed by atoms with Gasteiger partial charge in [0.2, 0.25) is 5.91 Å². The quantitative estimate of drug-likeness (QED) is 0.801. The minimum atomic E-state index is -3.78. The Labute approximate surface area is 124 Å². The van der Waals surface area contributed by atoms with E-state index in [2.05, 4.69) is 10.1 Å². The van der Waals surface area contributed by atoms with E-state index in [1.165, 1.54) is 21.0 Å². The van der Waals surface area contributed by atoms with E-state index in [9.17, 15) is 18.0 Å². The van der Waals surface area contributed by atoms with Gasteiger partial charge in [-0.15, -0.1) is 0 Å². The number of benzene rings is 1. The van der Waals surface area contributed by atoms with Crippen LogP contribution in [0.4, 0.5) is 5.69 Å². The average molecular weight is 313 g/mol. The summed E-state index contributed by atoms with van der Waals surface area (Å²) < 4.78 is 28.9. The highest BCUT2D eigenvalue weighted by atomic mass is 32.2. The molecule has 0 radical (unpaired) electrons. The molecule has 1 amide bonds. The molecule has 0 fully saturated rings. The van der Waals surface area contributed by atoms with Crippen LogP contribution in [0.25, 0.3) is 0 Å². The lowest BCUT2D eigenvalue weighted by molar-refractivity contribution is -0.140. The monoisotopic (exact) mass is 313 g/mol. The molecular formula is C14H19NO5S. The highest BCUT2D eigenvalue weighted by molar-refractivity contribution is 7.93. The molecule has 1 aromatic carbocycles. The number of rotatable bonds is 6. The van der Waals surface area contributed by atoms with Crippen molar-refractivity contribution in [2.45, 2.75) is 30.8 Å². The van der Waals surface area contributed by atoms with Crippen LogP contribution >= 0.6 is 0 Å². The molecule has 0 saturated carbocycles. The Kier molecular flexibility index (Phi) is 5.90. The van der Waals surface area contributed by atoms with Crippen LogP contribution in [0, 0.1) is 0 Å². The fraction of sp³-hybridized carbons (Fsp3) is 0.429. The summed E-state index contributed by atoms with van der Waals surface area (Å²) >= 11 is 0. The topological polar surface area (TPSA) is 89.5 Å². The number of carbonyl (C=O) groups is 2. The molecule has 6 nitrogen and oxygen atoms in total. The summed E-state index contributed by atoms with van der Waals surface area (Å²) in [4.78, 5) is 23.2. The first kappa shape index (κ1) is 17.2. The Balaban J connectivity index is 2.78. The van der Waals surface area contributed by atoms with Gasteiger partial charge in [-0.3, -0.25) is 9.59 Å². The number of para-hydroxylation sites is 1. The molecule has 1 N–H and O–H groups in total. The van der Waals surface area contributed by atoms with Gasteiger partial charge in [-0.2, -0.15) is 0 Å². The summed E-state index contributed by atoms with van der Waals surface area (Å²) in [5.74, 6) is -1.25. The summed E-state index contributed by atoms with van der Waals surface area (Å²) in [6, 6.07) is 8.57. The van der Waals surface area contributed by atoms with Crippen molar-refractivity contribution < 1.29 is 22.7 Å². The molecule has 7 heteroatoms.